The second-order valence-corrected chi connectivity index (χ2v) is 3.79. The Balaban J connectivity index is 2.42. The fourth-order valence-electron chi connectivity index (χ4n) is 1.45. The predicted molar refractivity (Wildman–Crippen MR) is 68.6 cm³/mol. The fraction of sp³-hybridized carbons (Fsp3) is 0.385. The lowest BCUT2D eigenvalue weighted by molar-refractivity contribution is -0.121. The van der Waals surface area contributed by atoms with Crippen molar-refractivity contribution in [1.82, 2.24) is 5.32 Å². The molecule has 98 valence electrons. The molecule has 0 bridgehead atoms. The molecule has 0 unspecified atom stereocenters. The molecule has 0 radical (unpaired) electrons. The van der Waals surface area contributed by atoms with Crippen LogP contribution >= 0.6 is 0 Å². The van der Waals surface area contributed by atoms with Gasteiger partial charge in [0.15, 0.2) is 5.78 Å². The Morgan fingerprint density at radius 1 is 1.22 bits per heavy atom. The molecule has 1 amide bonds. The summed E-state index contributed by atoms with van der Waals surface area (Å²) in [6.45, 7) is 0.841. The Hall–Kier alpha value is -1.88. The summed E-state index contributed by atoms with van der Waals surface area (Å²) in [5.41, 5.74) is 5.84. The van der Waals surface area contributed by atoms with Crippen LogP contribution in [0.5, 0.6) is 5.75 Å². The highest BCUT2D eigenvalue weighted by atomic mass is 16.5. The Kier molecular flexibility index (Phi) is 5.87. The van der Waals surface area contributed by atoms with Crippen LogP contribution in [0.25, 0.3) is 0 Å². The number of methoxy groups -OCH3 is 1. The van der Waals surface area contributed by atoms with E-state index < -0.39 is 0 Å². The summed E-state index contributed by atoms with van der Waals surface area (Å²) in [5, 5.41) is 2.62. The fourth-order valence-corrected chi connectivity index (χ4v) is 1.45. The number of carbonyl (C=O) groups excluding carboxylic acids is 2. The summed E-state index contributed by atoms with van der Waals surface area (Å²) in [7, 11) is 1.57. The van der Waals surface area contributed by atoms with Crippen LogP contribution in [0.4, 0.5) is 0 Å². The van der Waals surface area contributed by atoms with Gasteiger partial charge in [0.25, 0.3) is 0 Å². The topological polar surface area (TPSA) is 81.4 Å². The second kappa shape index (κ2) is 7.45. The zero-order valence-corrected chi connectivity index (χ0v) is 10.4. The lowest BCUT2D eigenvalue weighted by atomic mass is 10.1. The van der Waals surface area contributed by atoms with E-state index in [1.165, 1.54) is 0 Å². The van der Waals surface area contributed by atoms with Gasteiger partial charge >= 0.3 is 0 Å². The maximum Gasteiger partial charge on any atom is 0.220 e. The van der Waals surface area contributed by atoms with E-state index in [4.69, 9.17) is 10.5 Å². The summed E-state index contributed by atoms with van der Waals surface area (Å²) < 4.78 is 5.00. The quantitative estimate of drug-likeness (QED) is 0.699. The Morgan fingerprint density at radius 3 is 2.44 bits per heavy atom. The third kappa shape index (κ3) is 4.55. The Morgan fingerprint density at radius 2 is 1.89 bits per heavy atom. The molecule has 0 aliphatic heterocycles. The summed E-state index contributed by atoms with van der Waals surface area (Å²) in [5.74, 6) is 0.495. The number of hydrogen-bond acceptors (Lipinski definition) is 4. The minimum Gasteiger partial charge on any atom is -0.497 e. The van der Waals surface area contributed by atoms with Gasteiger partial charge in [-0.25, -0.2) is 0 Å². The third-order valence-corrected chi connectivity index (χ3v) is 2.46. The minimum absolute atomic E-state index is 0.0550. The van der Waals surface area contributed by atoms with Crippen LogP contribution in [-0.2, 0) is 4.79 Å². The lowest BCUT2D eigenvalue weighted by Gasteiger charge is -2.04. The largest absolute Gasteiger partial charge is 0.497 e. The molecular weight excluding hydrogens is 232 g/mol. The lowest BCUT2D eigenvalue weighted by Crippen LogP contribution is -2.29. The molecule has 5 heteroatoms. The number of hydrogen-bond donors (Lipinski definition) is 2. The smallest absolute Gasteiger partial charge is 0.220 e. The zero-order chi connectivity index (χ0) is 13.4. The number of amides is 1. The molecule has 0 heterocycles. The van der Waals surface area contributed by atoms with Gasteiger partial charge in [-0.05, 0) is 24.3 Å². The van der Waals surface area contributed by atoms with E-state index in [-0.39, 0.29) is 24.5 Å². The molecule has 0 atom stereocenters. The van der Waals surface area contributed by atoms with Crippen molar-refractivity contribution in [2.24, 2.45) is 5.73 Å². The molecule has 0 spiro atoms. The van der Waals surface area contributed by atoms with Crippen LogP contribution < -0.4 is 15.8 Å². The summed E-state index contributed by atoms with van der Waals surface area (Å²) in [6, 6.07) is 6.83. The maximum absolute atomic E-state index is 11.8. The molecule has 18 heavy (non-hydrogen) atoms. The maximum atomic E-state index is 11.8. The first kappa shape index (κ1) is 14.2. The van der Waals surface area contributed by atoms with Gasteiger partial charge in [-0.1, -0.05) is 0 Å². The minimum atomic E-state index is -0.151. The number of benzene rings is 1. The van der Waals surface area contributed by atoms with Crippen molar-refractivity contribution in [3.05, 3.63) is 29.8 Å². The number of ether oxygens (including phenoxy) is 1. The third-order valence-electron chi connectivity index (χ3n) is 2.46. The van der Waals surface area contributed by atoms with Crippen molar-refractivity contribution in [2.75, 3.05) is 20.2 Å². The number of nitrogens with two attached hydrogens (primary N) is 1. The van der Waals surface area contributed by atoms with Gasteiger partial charge in [-0.2, -0.15) is 0 Å². The molecule has 1 rings (SSSR count). The van der Waals surface area contributed by atoms with Gasteiger partial charge in [0.05, 0.1) is 7.11 Å². The van der Waals surface area contributed by atoms with E-state index in [1.807, 2.05) is 0 Å². The Labute approximate surface area is 106 Å². The molecule has 5 nitrogen and oxygen atoms in total. The average molecular weight is 250 g/mol. The van der Waals surface area contributed by atoms with Gasteiger partial charge in [0.2, 0.25) is 5.91 Å². The van der Waals surface area contributed by atoms with E-state index in [1.54, 1.807) is 31.4 Å². The molecule has 0 aliphatic carbocycles. The molecule has 0 aromatic heterocycles. The number of nitrogens with one attached hydrogen (secondary N) is 1. The van der Waals surface area contributed by atoms with E-state index in [0.29, 0.717) is 24.4 Å². The monoisotopic (exact) mass is 250 g/mol. The molecule has 1 aromatic rings. The SMILES string of the molecule is COc1ccc(C(=O)CCC(=O)NCCN)cc1. The first-order valence-corrected chi connectivity index (χ1v) is 5.81. The van der Waals surface area contributed by atoms with E-state index in [0.717, 1.165) is 0 Å². The predicted octanol–water partition coefficient (Wildman–Crippen LogP) is 0.733. The van der Waals surface area contributed by atoms with Gasteiger partial charge in [-0.15, -0.1) is 0 Å². The van der Waals surface area contributed by atoms with Crippen LogP contribution in [0.15, 0.2) is 24.3 Å². The molecule has 0 saturated carbocycles. The highest BCUT2D eigenvalue weighted by molar-refractivity contribution is 5.98. The van der Waals surface area contributed by atoms with Crippen molar-refractivity contribution in [1.29, 1.82) is 0 Å². The second-order valence-electron chi connectivity index (χ2n) is 3.79. The van der Waals surface area contributed by atoms with Gasteiger partial charge in [-0.3, -0.25) is 9.59 Å². The first-order valence-electron chi connectivity index (χ1n) is 5.81. The highest BCUT2D eigenvalue weighted by Gasteiger charge is 2.08. The number of rotatable bonds is 7. The average Bonchev–Trinajstić information content (AvgIpc) is 2.42. The molecule has 0 aliphatic rings. The van der Waals surface area contributed by atoms with E-state index in [2.05, 4.69) is 5.32 Å². The van der Waals surface area contributed by atoms with E-state index >= 15 is 0 Å². The first-order chi connectivity index (χ1) is 8.67. The van der Waals surface area contributed by atoms with Gasteiger partial charge in [0, 0.05) is 31.5 Å². The zero-order valence-electron chi connectivity index (χ0n) is 10.4. The van der Waals surface area contributed by atoms with Crippen LogP contribution in [0.2, 0.25) is 0 Å². The van der Waals surface area contributed by atoms with Crippen molar-refractivity contribution in [3.8, 4) is 5.75 Å². The Bertz CT molecular complexity index is 401. The number of Topliss-reactive ketones (excluding diaryl/α,β-unsaturated/α-hetero) is 1. The van der Waals surface area contributed by atoms with Crippen LogP contribution in [0, 0.1) is 0 Å². The number of ketones is 1. The number of carbonyl (C=O) groups is 2. The van der Waals surface area contributed by atoms with Crippen molar-refractivity contribution in [2.45, 2.75) is 12.8 Å². The highest BCUT2D eigenvalue weighted by Crippen LogP contribution is 2.13. The summed E-state index contributed by atoms with van der Waals surface area (Å²) >= 11 is 0. The molecule has 3 N–H and O–H groups in total. The standard InChI is InChI=1S/C13H18N2O3/c1-18-11-4-2-10(3-5-11)12(16)6-7-13(17)15-9-8-14/h2-5H,6-9,14H2,1H3,(H,15,17). The van der Waals surface area contributed by atoms with Crippen LogP contribution in [0.3, 0.4) is 0 Å². The van der Waals surface area contributed by atoms with Crippen LogP contribution in [0.1, 0.15) is 23.2 Å². The van der Waals surface area contributed by atoms with Crippen molar-refractivity contribution < 1.29 is 14.3 Å². The van der Waals surface area contributed by atoms with Gasteiger partial charge < -0.3 is 15.8 Å². The van der Waals surface area contributed by atoms with Crippen LogP contribution in [-0.4, -0.2) is 31.9 Å². The molecule has 1 aromatic carbocycles. The van der Waals surface area contributed by atoms with Crippen molar-refractivity contribution >= 4 is 11.7 Å². The normalized spacial score (nSPS) is 9.89. The molecule has 0 saturated heterocycles. The summed E-state index contributed by atoms with van der Waals surface area (Å²) in [6.07, 6.45) is 0.383. The van der Waals surface area contributed by atoms with E-state index in [9.17, 15) is 9.59 Å². The molecular formula is C13H18N2O3. The van der Waals surface area contributed by atoms with Gasteiger partial charge in [0.1, 0.15) is 5.75 Å². The molecule has 0 fully saturated rings. The summed E-state index contributed by atoms with van der Waals surface area (Å²) in [4.78, 5) is 23.1. The van der Waals surface area contributed by atoms with Crippen molar-refractivity contribution in [3.63, 3.8) is 0 Å².